The van der Waals surface area contributed by atoms with Crippen LogP contribution in [-0.4, -0.2) is 23.7 Å². The van der Waals surface area contributed by atoms with Gasteiger partial charge in [0.1, 0.15) is 5.75 Å². The van der Waals surface area contributed by atoms with Gasteiger partial charge >= 0.3 is 0 Å². The van der Waals surface area contributed by atoms with Crippen LogP contribution in [0.1, 0.15) is 5.56 Å². The van der Waals surface area contributed by atoms with Gasteiger partial charge in [-0.15, -0.1) is 0 Å². The van der Waals surface area contributed by atoms with Gasteiger partial charge in [-0.2, -0.15) is 11.8 Å². The number of phenols is 1. The van der Waals surface area contributed by atoms with Crippen molar-refractivity contribution in [3.8, 4) is 5.75 Å². The zero-order valence-corrected chi connectivity index (χ0v) is 10.5. The molecule has 0 aliphatic heterocycles. The van der Waals surface area contributed by atoms with Crippen LogP contribution in [0, 0.1) is 0 Å². The lowest BCUT2D eigenvalue weighted by Gasteiger charge is -2.06. The summed E-state index contributed by atoms with van der Waals surface area (Å²) in [5.41, 5.74) is 1.09. The number of nitrogens with one attached hydrogen (secondary N) is 1. The molecule has 0 amide bonds. The van der Waals surface area contributed by atoms with Crippen molar-refractivity contribution in [1.29, 1.82) is 0 Å². The molecule has 1 aromatic rings. The number of aromatic hydroxyl groups is 1. The summed E-state index contributed by atoms with van der Waals surface area (Å²) in [6.07, 6.45) is 2.09. The Morgan fingerprint density at radius 1 is 1.50 bits per heavy atom. The lowest BCUT2D eigenvalue weighted by atomic mass is 10.2. The molecule has 2 nitrogen and oxygen atoms in total. The second-order valence-electron chi connectivity index (χ2n) is 2.95. The van der Waals surface area contributed by atoms with Crippen LogP contribution in [0.2, 0.25) is 0 Å². The highest BCUT2D eigenvalue weighted by Gasteiger charge is 2.00. The normalized spacial score (nSPS) is 10.4. The molecule has 0 saturated heterocycles. The zero-order chi connectivity index (χ0) is 10.4. The third-order valence-corrected chi connectivity index (χ3v) is 3.21. The molecule has 0 aliphatic carbocycles. The van der Waals surface area contributed by atoms with Gasteiger partial charge in [0.15, 0.2) is 0 Å². The van der Waals surface area contributed by atoms with Crippen molar-refractivity contribution in [3.63, 3.8) is 0 Å². The fourth-order valence-electron chi connectivity index (χ4n) is 1.09. The average molecular weight is 276 g/mol. The lowest BCUT2D eigenvalue weighted by molar-refractivity contribution is 0.474. The molecule has 0 saturated carbocycles. The van der Waals surface area contributed by atoms with E-state index >= 15 is 0 Å². The Morgan fingerprint density at radius 3 is 3.00 bits per heavy atom. The van der Waals surface area contributed by atoms with E-state index in [1.54, 1.807) is 12.1 Å². The van der Waals surface area contributed by atoms with E-state index in [1.807, 2.05) is 17.8 Å². The smallest absolute Gasteiger partial charge is 0.115 e. The van der Waals surface area contributed by atoms with Gasteiger partial charge in [-0.3, -0.25) is 0 Å². The Hall–Kier alpha value is -0.190. The molecule has 0 radical (unpaired) electrons. The molecule has 1 aromatic carbocycles. The van der Waals surface area contributed by atoms with E-state index in [1.165, 1.54) is 0 Å². The molecule has 4 heteroatoms. The molecular weight excluding hydrogens is 262 g/mol. The number of hydrogen-bond donors (Lipinski definition) is 2. The molecule has 0 fully saturated rings. The maximum Gasteiger partial charge on any atom is 0.115 e. The number of phenolic OH excluding ortho intramolecular Hbond substituents is 1. The van der Waals surface area contributed by atoms with Crippen LogP contribution >= 0.6 is 27.7 Å². The monoisotopic (exact) mass is 275 g/mol. The summed E-state index contributed by atoms with van der Waals surface area (Å²) in [7, 11) is 0. The van der Waals surface area contributed by atoms with Crippen molar-refractivity contribution in [3.05, 3.63) is 28.2 Å². The molecule has 2 N–H and O–H groups in total. The molecule has 0 bridgehead atoms. The summed E-state index contributed by atoms with van der Waals surface area (Å²) in [6.45, 7) is 1.78. The van der Waals surface area contributed by atoms with Gasteiger partial charge in [0, 0.05) is 23.3 Å². The van der Waals surface area contributed by atoms with Crippen molar-refractivity contribution in [1.82, 2.24) is 5.32 Å². The minimum Gasteiger partial charge on any atom is -0.508 e. The maximum atomic E-state index is 9.29. The van der Waals surface area contributed by atoms with E-state index in [0.717, 1.165) is 28.9 Å². The summed E-state index contributed by atoms with van der Waals surface area (Å²) in [5, 5.41) is 12.6. The molecule has 0 spiro atoms. The van der Waals surface area contributed by atoms with Crippen LogP contribution in [0.3, 0.4) is 0 Å². The van der Waals surface area contributed by atoms with E-state index < -0.39 is 0 Å². The molecule has 0 unspecified atom stereocenters. The van der Waals surface area contributed by atoms with Gasteiger partial charge in [-0.25, -0.2) is 0 Å². The van der Waals surface area contributed by atoms with Crippen molar-refractivity contribution < 1.29 is 5.11 Å². The maximum absolute atomic E-state index is 9.29. The summed E-state index contributed by atoms with van der Waals surface area (Å²) in [4.78, 5) is 0. The first-order valence-corrected chi connectivity index (χ1v) is 6.60. The van der Waals surface area contributed by atoms with E-state index in [0.29, 0.717) is 5.75 Å². The summed E-state index contributed by atoms with van der Waals surface area (Å²) in [6, 6.07) is 5.31. The minimum absolute atomic E-state index is 0.315. The topological polar surface area (TPSA) is 32.3 Å². The SMILES string of the molecule is CSCCNCc1cc(O)ccc1Br. The number of benzene rings is 1. The van der Waals surface area contributed by atoms with Gasteiger partial charge in [-0.05, 0) is 30.0 Å². The van der Waals surface area contributed by atoms with Crippen molar-refractivity contribution in [2.45, 2.75) is 6.54 Å². The first kappa shape index (κ1) is 11.9. The number of thioether (sulfide) groups is 1. The largest absolute Gasteiger partial charge is 0.508 e. The third-order valence-electron chi connectivity index (χ3n) is 1.83. The number of halogens is 1. The van der Waals surface area contributed by atoms with Crippen LogP contribution < -0.4 is 5.32 Å². The molecule has 14 heavy (non-hydrogen) atoms. The standard InChI is InChI=1S/C10H14BrNOS/c1-14-5-4-12-7-8-6-9(13)2-3-10(8)11/h2-3,6,12-13H,4-5,7H2,1H3. The zero-order valence-electron chi connectivity index (χ0n) is 8.09. The van der Waals surface area contributed by atoms with Crippen molar-refractivity contribution >= 4 is 27.7 Å². The molecule has 1 rings (SSSR count). The van der Waals surface area contributed by atoms with E-state index in [4.69, 9.17) is 0 Å². The Labute approximate surface area is 97.2 Å². The summed E-state index contributed by atoms with van der Waals surface area (Å²) < 4.78 is 1.03. The Morgan fingerprint density at radius 2 is 2.29 bits per heavy atom. The van der Waals surface area contributed by atoms with Crippen LogP contribution in [0.15, 0.2) is 22.7 Å². The highest BCUT2D eigenvalue weighted by atomic mass is 79.9. The first-order chi connectivity index (χ1) is 6.74. The highest BCUT2D eigenvalue weighted by Crippen LogP contribution is 2.21. The van der Waals surface area contributed by atoms with Crippen LogP contribution in [0.25, 0.3) is 0 Å². The van der Waals surface area contributed by atoms with Crippen LogP contribution in [0.5, 0.6) is 5.75 Å². The highest BCUT2D eigenvalue weighted by molar-refractivity contribution is 9.10. The molecule has 78 valence electrons. The van der Waals surface area contributed by atoms with Gasteiger partial charge in [0.25, 0.3) is 0 Å². The lowest BCUT2D eigenvalue weighted by Crippen LogP contribution is -2.16. The molecular formula is C10H14BrNOS. The van der Waals surface area contributed by atoms with Gasteiger partial charge in [-0.1, -0.05) is 15.9 Å². The fraction of sp³-hybridized carbons (Fsp3) is 0.400. The second kappa shape index (κ2) is 6.32. The van der Waals surface area contributed by atoms with Crippen LogP contribution in [0.4, 0.5) is 0 Å². The van der Waals surface area contributed by atoms with Gasteiger partial charge in [0.05, 0.1) is 0 Å². The fourth-order valence-corrected chi connectivity index (χ4v) is 1.83. The second-order valence-corrected chi connectivity index (χ2v) is 4.79. The Balaban J connectivity index is 2.45. The summed E-state index contributed by atoms with van der Waals surface area (Å²) >= 11 is 5.26. The summed E-state index contributed by atoms with van der Waals surface area (Å²) in [5.74, 6) is 1.42. The Kier molecular flexibility index (Phi) is 5.37. The average Bonchev–Trinajstić information content (AvgIpc) is 2.18. The minimum atomic E-state index is 0.315. The van der Waals surface area contributed by atoms with Gasteiger partial charge in [0.2, 0.25) is 0 Å². The molecule has 0 aromatic heterocycles. The van der Waals surface area contributed by atoms with Crippen LogP contribution in [-0.2, 0) is 6.54 Å². The molecule has 0 aliphatic rings. The van der Waals surface area contributed by atoms with Crippen molar-refractivity contribution in [2.75, 3.05) is 18.6 Å². The molecule has 0 atom stereocenters. The van der Waals surface area contributed by atoms with E-state index in [9.17, 15) is 5.11 Å². The Bertz CT molecular complexity index is 293. The third kappa shape index (κ3) is 3.90. The number of rotatable bonds is 5. The molecule has 0 heterocycles. The predicted molar refractivity (Wildman–Crippen MR) is 65.9 cm³/mol. The first-order valence-electron chi connectivity index (χ1n) is 4.41. The van der Waals surface area contributed by atoms with Gasteiger partial charge < -0.3 is 10.4 Å². The van der Waals surface area contributed by atoms with Crippen molar-refractivity contribution in [2.24, 2.45) is 0 Å². The van der Waals surface area contributed by atoms with E-state index in [-0.39, 0.29) is 0 Å². The quantitative estimate of drug-likeness (QED) is 0.811. The predicted octanol–water partition coefficient (Wildman–Crippen LogP) is 2.61. The number of hydrogen-bond acceptors (Lipinski definition) is 3. The van der Waals surface area contributed by atoms with E-state index in [2.05, 4.69) is 27.5 Å².